The molecule has 1 amide bonds. The molecule has 1 aliphatic heterocycles. The molecule has 3 aromatic rings. The maximum absolute atomic E-state index is 14.2. The third-order valence-corrected chi connectivity index (χ3v) is 6.50. The van der Waals surface area contributed by atoms with Crippen LogP contribution in [0.4, 0.5) is 14.5 Å². The number of halogens is 4. The lowest BCUT2D eigenvalue weighted by molar-refractivity contribution is -0.132. The zero-order valence-corrected chi connectivity index (χ0v) is 19.6. The zero-order valence-electron chi connectivity index (χ0n) is 18.1. The Kier molecular flexibility index (Phi) is 6.76. The Bertz CT molecular complexity index is 1190. The van der Waals surface area contributed by atoms with Crippen molar-refractivity contribution in [2.45, 2.75) is 13.5 Å². The fourth-order valence-electron chi connectivity index (χ4n) is 3.82. The van der Waals surface area contributed by atoms with E-state index in [1.165, 1.54) is 10.7 Å². The number of methoxy groups -OCH3 is 1. The van der Waals surface area contributed by atoms with E-state index in [0.717, 1.165) is 17.8 Å². The van der Waals surface area contributed by atoms with Gasteiger partial charge in [-0.25, -0.2) is 8.78 Å². The van der Waals surface area contributed by atoms with Crippen LogP contribution in [-0.2, 0) is 11.3 Å². The van der Waals surface area contributed by atoms with E-state index in [2.05, 4.69) is 10.00 Å². The summed E-state index contributed by atoms with van der Waals surface area (Å²) in [5.74, 6) is -0.957. The van der Waals surface area contributed by atoms with Gasteiger partial charge in [-0.2, -0.15) is 5.10 Å². The molecule has 1 aliphatic rings. The first-order chi connectivity index (χ1) is 15.8. The first-order valence-corrected chi connectivity index (χ1v) is 11.1. The monoisotopic (exact) mass is 494 g/mol. The van der Waals surface area contributed by atoms with Crippen LogP contribution in [0.25, 0.3) is 11.3 Å². The summed E-state index contributed by atoms with van der Waals surface area (Å²) in [6.07, 6.45) is 0. The predicted molar refractivity (Wildman–Crippen MR) is 124 cm³/mol. The summed E-state index contributed by atoms with van der Waals surface area (Å²) in [6, 6.07) is 8.80. The molecule has 0 spiro atoms. The maximum atomic E-state index is 14.2. The molecule has 2 aromatic carbocycles. The second kappa shape index (κ2) is 9.57. The summed E-state index contributed by atoms with van der Waals surface area (Å²) in [6.45, 7) is 4.07. The highest BCUT2D eigenvalue weighted by Crippen LogP contribution is 2.32. The highest BCUT2D eigenvalue weighted by Gasteiger charge is 2.24. The summed E-state index contributed by atoms with van der Waals surface area (Å²) in [4.78, 5) is 16.8. The van der Waals surface area contributed by atoms with Gasteiger partial charge >= 0.3 is 0 Å². The first kappa shape index (κ1) is 23.3. The van der Waals surface area contributed by atoms with Gasteiger partial charge in [-0.1, -0.05) is 23.2 Å². The third-order valence-electron chi connectivity index (χ3n) is 5.74. The molecule has 10 heteroatoms. The van der Waals surface area contributed by atoms with Gasteiger partial charge in [-0.3, -0.25) is 9.48 Å². The largest absolute Gasteiger partial charge is 0.495 e. The van der Waals surface area contributed by atoms with Crippen LogP contribution >= 0.6 is 23.2 Å². The van der Waals surface area contributed by atoms with E-state index < -0.39 is 11.6 Å². The molecule has 0 saturated carbocycles. The van der Waals surface area contributed by atoms with E-state index in [-0.39, 0.29) is 28.7 Å². The van der Waals surface area contributed by atoms with Crippen LogP contribution in [0.5, 0.6) is 5.75 Å². The molecule has 174 valence electrons. The number of hydrogen-bond acceptors (Lipinski definition) is 4. The number of rotatable bonds is 5. The molecule has 0 radical (unpaired) electrons. The summed E-state index contributed by atoms with van der Waals surface area (Å²) >= 11 is 12.5. The van der Waals surface area contributed by atoms with Gasteiger partial charge in [0, 0.05) is 49.6 Å². The van der Waals surface area contributed by atoms with E-state index in [9.17, 15) is 13.6 Å². The Morgan fingerprint density at radius 2 is 1.82 bits per heavy atom. The van der Waals surface area contributed by atoms with E-state index in [0.29, 0.717) is 42.6 Å². The van der Waals surface area contributed by atoms with Gasteiger partial charge in [0.2, 0.25) is 5.91 Å². The van der Waals surface area contributed by atoms with Crippen molar-refractivity contribution in [3.05, 3.63) is 63.8 Å². The Morgan fingerprint density at radius 1 is 1.09 bits per heavy atom. The van der Waals surface area contributed by atoms with Crippen molar-refractivity contribution in [3.8, 4) is 17.0 Å². The molecule has 0 bridgehead atoms. The van der Waals surface area contributed by atoms with Crippen LogP contribution in [-0.4, -0.2) is 53.9 Å². The molecule has 0 unspecified atom stereocenters. The Morgan fingerprint density at radius 3 is 2.48 bits per heavy atom. The Hall–Kier alpha value is -2.84. The Labute approximate surface area is 200 Å². The number of piperazine rings is 1. The minimum Gasteiger partial charge on any atom is -0.495 e. The lowest BCUT2D eigenvalue weighted by Gasteiger charge is -2.36. The fourth-order valence-corrected chi connectivity index (χ4v) is 4.25. The van der Waals surface area contributed by atoms with Gasteiger partial charge in [-0.05, 0) is 31.2 Å². The van der Waals surface area contributed by atoms with Crippen molar-refractivity contribution < 1.29 is 18.3 Å². The number of carbonyl (C=O) groups is 1. The van der Waals surface area contributed by atoms with Gasteiger partial charge in [0.05, 0.1) is 22.8 Å². The molecule has 2 heterocycles. The topological polar surface area (TPSA) is 50.6 Å². The number of amides is 1. The van der Waals surface area contributed by atoms with Crippen LogP contribution in [0.1, 0.15) is 5.69 Å². The number of aromatic nitrogens is 2. The molecule has 0 aliphatic carbocycles. The smallest absolute Gasteiger partial charge is 0.244 e. The highest BCUT2D eigenvalue weighted by atomic mass is 35.5. The molecular formula is C23H22Cl2F2N4O2. The number of carbonyl (C=O) groups excluding carboxylic acids is 1. The Balaban J connectivity index is 1.43. The molecule has 1 saturated heterocycles. The van der Waals surface area contributed by atoms with Crippen molar-refractivity contribution in [2.24, 2.45) is 0 Å². The summed E-state index contributed by atoms with van der Waals surface area (Å²) in [5.41, 5.74) is 1.78. The molecule has 4 rings (SSSR count). The normalized spacial score (nSPS) is 14.0. The summed E-state index contributed by atoms with van der Waals surface area (Å²) in [5, 5.41) is 5.11. The molecule has 0 N–H and O–H groups in total. The van der Waals surface area contributed by atoms with E-state index in [1.807, 2.05) is 12.1 Å². The minimum atomic E-state index is -0.761. The fraction of sp³-hybridized carbons (Fsp3) is 0.304. The summed E-state index contributed by atoms with van der Waals surface area (Å²) < 4.78 is 34.2. The highest BCUT2D eigenvalue weighted by molar-refractivity contribution is 6.33. The molecule has 1 fully saturated rings. The van der Waals surface area contributed by atoms with Gasteiger partial charge in [0.15, 0.2) is 0 Å². The van der Waals surface area contributed by atoms with Crippen molar-refractivity contribution >= 4 is 34.8 Å². The predicted octanol–water partition coefficient (Wildman–Crippen LogP) is 4.80. The van der Waals surface area contributed by atoms with E-state index >= 15 is 0 Å². The van der Waals surface area contributed by atoms with Crippen LogP contribution in [0.3, 0.4) is 0 Å². The van der Waals surface area contributed by atoms with Crippen molar-refractivity contribution in [3.63, 3.8) is 0 Å². The summed E-state index contributed by atoms with van der Waals surface area (Å²) in [7, 11) is 1.57. The second-order valence-corrected chi connectivity index (χ2v) is 8.50. The first-order valence-electron chi connectivity index (χ1n) is 10.3. The number of ether oxygens (including phenoxy) is 1. The lowest BCUT2D eigenvalue weighted by Crippen LogP contribution is -2.49. The zero-order chi connectivity index (χ0) is 23.7. The molecule has 0 atom stereocenters. The van der Waals surface area contributed by atoms with Gasteiger partial charge < -0.3 is 14.5 Å². The van der Waals surface area contributed by atoms with Crippen molar-refractivity contribution in [1.29, 1.82) is 0 Å². The molecule has 6 nitrogen and oxygen atoms in total. The number of nitrogens with zero attached hydrogens (tertiary/aromatic N) is 4. The van der Waals surface area contributed by atoms with Crippen LogP contribution in [0.2, 0.25) is 10.0 Å². The lowest BCUT2D eigenvalue weighted by atomic mass is 10.1. The number of anilines is 1. The average Bonchev–Trinajstić information content (AvgIpc) is 3.08. The SMILES string of the molecule is COc1cc(N2CCN(C(=O)Cn3nc(-c4ccc(F)cc4F)c(Cl)c3C)CC2)ccc1Cl. The van der Waals surface area contributed by atoms with Crippen LogP contribution in [0, 0.1) is 18.6 Å². The second-order valence-electron chi connectivity index (χ2n) is 7.72. The molecule has 1 aromatic heterocycles. The van der Waals surface area contributed by atoms with Crippen LogP contribution < -0.4 is 9.64 Å². The van der Waals surface area contributed by atoms with Gasteiger partial charge in [0.25, 0.3) is 0 Å². The van der Waals surface area contributed by atoms with Crippen molar-refractivity contribution in [2.75, 3.05) is 38.2 Å². The van der Waals surface area contributed by atoms with E-state index in [1.54, 1.807) is 25.0 Å². The van der Waals surface area contributed by atoms with E-state index in [4.69, 9.17) is 27.9 Å². The van der Waals surface area contributed by atoms with Crippen molar-refractivity contribution in [1.82, 2.24) is 14.7 Å². The average molecular weight is 495 g/mol. The van der Waals surface area contributed by atoms with Gasteiger partial charge in [-0.15, -0.1) is 0 Å². The number of benzene rings is 2. The maximum Gasteiger partial charge on any atom is 0.244 e. The minimum absolute atomic E-state index is 0.0247. The third kappa shape index (κ3) is 4.77. The molecular weight excluding hydrogens is 473 g/mol. The van der Waals surface area contributed by atoms with Gasteiger partial charge in [0.1, 0.15) is 29.6 Å². The quantitative estimate of drug-likeness (QED) is 0.511. The van der Waals surface area contributed by atoms with Crippen LogP contribution in [0.15, 0.2) is 36.4 Å². The standard InChI is InChI=1S/C23H22Cl2F2N4O2/c1-14-22(25)23(17-5-3-15(26)11-19(17)27)28-31(14)13-21(32)30-9-7-29(8-10-30)16-4-6-18(24)20(12-16)33-2/h3-6,11-12H,7-10,13H2,1-2H3. The molecule has 33 heavy (non-hydrogen) atoms. The number of hydrogen-bond donors (Lipinski definition) is 0.